The van der Waals surface area contributed by atoms with Gasteiger partial charge in [0.25, 0.3) is 5.91 Å². The Bertz CT molecular complexity index is 1140. The van der Waals surface area contributed by atoms with E-state index in [1.54, 1.807) is 0 Å². The molecular weight excluding hydrogens is 408 g/mol. The minimum Gasteiger partial charge on any atom is -0.334 e. The van der Waals surface area contributed by atoms with Crippen molar-refractivity contribution in [1.82, 2.24) is 19.4 Å². The van der Waals surface area contributed by atoms with E-state index in [1.165, 1.54) is 11.3 Å². The average molecular weight is 433 g/mol. The maximum absolute atomic E-state index is 13.3. The summed E-state index contributed by atoms with van der Waals surface area (Å²) in [5.41, 5.74) is 1.84. The standard InChI is InChI=1S/C20H24N4O3S2/c1-14-17-12-18(28-20(17)24(22-14)15-8-4-3-5-9-15)19(25)23-11-7-6-10-16(23)13-21-29(2,26)27/h3-5,8-9,12,16,21H,6-7,10-11,13H2,1-2H3. The van der Waals surface area contributed by atoms with Crippen molar-refractivity contribution in [3.63, 3.8) is 0 Å². The van der Waals surface area contributed by atoms with E-state index in [0.29, 0.717) is 11.4 Å². The van der Waals surface area contributed by atoms with Crippen LogP contribution in [0.2, 0.25) is 0 Å². The van der Waals surface area contributed by atoms with Crippen molar-refractivity contribution in [2.45, 2.75) is 32.2 Å². The minimum atomic E-state index is -3.29. The second-order valence-corrected chi connectivity index (χ2v) is 10.3. The number of para-hydroxylation sites is 1. The molecule has 1 aromatic carbocycles. The van der Waals surface area contributed by atoms with Crippen molar-refractivity contribution in [2.75, 3.05) is 19.3 Å². The predicted molar refractivity (Wildman–Crippen MR) is 115 cm³/mol. The third-order valence-electron chi connectivity index (χ3n) is 5.23. The van der Waals surface area contributed by atoms with Gasteiger partial charge in [0.2, 0.25) is 10.0 Å². The van der Waals surface area contributed by atoms with E-state index in [2.05, 4.69) is 9.82 Å². The first-order valence-corrected chi connectivity index (χ1v) is 12.3. The number of carbonyl (C=O) groups is 1. The lowest BCUT2D eigenvalue weighted by molar-refractivity contribution is 0.0624. The van der Waals surface area contributed by atoms with E-state index in [1.807, 2.05) is 52.9 Å². The van der Waals surface area contributed by atoms with Gasteiger partial charge < -0.3 is 4.90 Å². The van der Waals surface area contributed by atoms with Gasteiger partial charge in [0.15, 0.2) is 0 Å². The lowest BCUT2D eigenvalue weighted by atomic mass is 10.0. The molecule has 1 N–H and O–H groups in total. The molecule has 1 saturated heterocycles. The van der Waals surface area contributed by atoms with Crippen molar-refractivity contribution < 1.29 is 13.2 Å². The summed E-state index contributed by atoms with van der Waals surface area (Å²) >= 11 is 1.44. The molecule has 0 aliphatic carbocycles. The van der Waals surface area contributed by atoms with Crippen molar-refractivity contribution in [3.05, 3.63) is 47.0 Å². The van der Waals surface area contributed by atoms with Crippen LogP contribution >= 0.6 is 11.3 Å². The van der Waals surface area contributed by atoms with E-state index in [-0.39, 0.29) is 18.5 Å². The number of aryl methyl sites for hydroxylation is 1. The maximum Gasteiger partial charge on any atom is 0.264 e. The number of nitrogens with one attached hydrogen (secondary N) is 1. The number of rotatable bonds is 5. The van der Waals surface area contributed by atoms with Crippen LogP contribution < -0.4 is 4.72 Å². The van der Waals surface area contributed by atoms with Gasteiger partial charge >= 0.3 is 0 Å². The van der Waals surface area contributed by atoms with Crippen LogP contribution in [0.3, 0.4) is 0 Å². The summed E-state index contributed by atoms with van der Waals surface area (Å²) in [6.45, 7) is 2.85. The second kappa shape index (κ2) is 7.89. The van der Waals surface area contributed by atoms with Gasteiger partial charge in [0, 0.05) is 24.5 Å². The SMILES string of the molecule is Cc1nn(-c2ccccc2)c2sc(C(=O)N3CCCCC3CNS(C)(=O)=O)cc12. The molecule has 4 rings (SSSR count). The molecule has 1 aliphatic rings. The van der Waals surface area contributed by atoms with Gasteiger partial charge in [-0.05, 0) is 44.4 Å². The van der Waals surface area contributed by atoms with E-state index in [9.17, 15) is 13.2 Å². The number of sulfonamides is 1. The van der Waals surface area contributed by atoms with Crippen LogP contribution in [0, 0.1) is 6.92 Å². The number of nitrogens with zero attached hydrogens (tertiary/aromatic N) is 3. The number of aromatic nitrogens is 2. The molecule has 154 valence electrons. The van der Waals surface area contributed by atoms with Gasteiger partial charge in [-0.2, -0.15) is 5.10 Å². The largest absolute Gasteiger partial charge is 0.334 e. The Morgan fingerprint density at radius 1 is 1.28 bits per heavy atom. The van der Waals surface area contributed by atoms with Crippen molar-refractivity contribution in [3.8, 4) is 5.69 Å². The first-order chi connectivity index (χ1) is 13.8. The monoisotopic (exact) mass is 432 g/mol. The number of carbonyl (C=O) groups excluding carboxylic acids is 1. The zero-order chi connectivity index (χ0) is 20.6. The fraction of sp³-hybridized carbons (Fsp3) is 0.400. The number of hydrogen-bond acceptors (Lipinski definition) is 5. The molecule has 1 atom stereocenters. The zero-order valence-electron chi connectivity index (χ0n) is 16.5. The van der Waals surface area contributed by atoms with E-state index in [0.717, 1.165) is 47.1 Å². The van der Waals surface area contributed by atoms with Crippen LogP contribution in [0.25, 0.3) is 15.9 Å². The third-order valence-corrected chi connectivity index (χ3v) is 7.01. The zero-order valence-corrected chi connectivity index (χ0v) is 18.1. The topological polar surface area (TPSA) is 84.3 Å². The van der Waals surface area contributed by atoms with Gasteiger partial charge in [0.05, 0.1) is 22.5 Å². The molecule has 0 saturated carbocycles. The van der Waals surface area contributed by atoms with Crippen molar-refractivity contribution >= 4 is 37.5 Å². The molecule has 3 aromatic rings. The van der Waals surface area contributed by atoms with Crippen molar-refractivity contribution in [2.24, 2.45) is 0 Å². The van der Waals surface area contributed by atoms with Crippen LogP contribution in [-0.2, 0) is 10.0 Å². The highest BCUT2D eigenvalue weighted by molar-refractivity contribution is 7.88. The van der Waals surface area contributed by atoms with Gasteiger partial charge in [0.1, 0.15) is 4.83 Å². The predicted octanol–water partition coefficient (Wildman–Crippen LogP) is 2.94. The van der Waals surface area contributed by atoms with Crippen LogP contribution in [0.4, 0.5) is 0 Å². The minimum absolute atomic E-state index is 0.0368. The van der Waals surface area contributed by atoms with Gasteiger partial charge in [-0.25, -0.2) is 17.8 Å². The lowest BCUT2D eigenvalue weighted by Crippen LogP contribution is -2.49. The van der Waals surface area contributed by atoms with Gasteiger partial charge in [-0.3, -0.25) is 4.79 Å². The molecule has 29 heavy (non-hydrogen) atoms. The Morgan fingerprint density at radius 2 is 2.03 bits per heavy atom. The van der Waals surface area contributed by atoms with E-state index in [4.69, 9.17) is 0 Å². The Balaban J connectivity index is 1.64. The first-order valence-electron chi connectivity index (χ1n) is 9.64. The Morgan fingerprint density at radius 3 is 2.76 bits per heavy atom. The molecule has 7 nitrogen and oxygen atoms in total. The van der Waals surface area contributed by atoms with Gasteiger partial charge in [-0.15, -0.1) is 11.3 Å². The Kier molecular flexibility index (Phi) is 5.46. The highest BCUT2D eigenvalue weighted by Crippen LogP contribution is 2.32. The number of amides is 1. The molecule has 1 unspecified atom stereocenters. The summed E-state index contributed by atoms with van der Waals surface area (Å²) in [5.74, 6) is -0.0368. The number of fused-ring (bicyclic) bond motifs is 1. The Labute approximate surface area is 174 Å². The van der Waals surface area contributed by atoms with E-state index >= 15 is 0 Å². The normalized spacial score (nSPS) is 17.7. The molecule has 0 radical (unpaired) electrons. The molecular formula is C20H24N4O3S2. The summed E-state index contributed by atoms with van der Waals surface area (Å²) in [4.78, 5) is 16.7. The van der Waals surface area contributed by atoms with Crippen LogP contribution in [0.1, 0.15) is 34.6 Å². The van der Waals surface area contributed by atoms with Crippen LogP contribution in [0.5, 0.6) is 0 Å². The molecule has 3 heterocycles. The maximum atomic E-state index is 13.3. The average Bonchev–Trinajstić information content (AvgIpc) is 3.27. The molecule has 1 aliphatic heterocycles. The number of benzene rings is 1. The third kappa shape index (κ3) is 4.22. The fourth-order valence-electron chi connectivity index (χ4n) is 3.77. The Hall–Kier alpha value is -2.23. The smallest absolute Gasteiger partial charge is 0.264 e. The summed E-state index contributed by atoms with van der Waals surface area (Å²) < 4.78 is 27.4. The molecule has 0 bridgehead atoms. The molecule has 2 aromatic heterocycles. The second-order valence-electron chi connectivity index (χ2n) is 7.43. The quantitative estimate of drug-likeness (QED) is 0.672. The summed E-state index contributed by atoms with van der Waals surface area (Å²) in [6, 6.07) is 11.7. The number of hydrogen-bond donors (Lipinski definition) is 1. The van der Waals surface area contributed by atoms with Crippen molar-refractivity contribution in [1.29, 1.82) is 0 Å². The van der Waals surface area contributed by atoms with Gasteiger partial charge in [-0.1, -0.05) is 18.2 Å². The summed E-state index contributed by atoms with van der Waals surface area (Å²) in [5, 5.41) is 5.61. The molecule has 1 amide bonds. The molecule has 1 fully saturated rings. The first kappa shape index (κ1) is 20.1. The highest BCUT2D eigenvalue weighted by atomic mass is 32.2. The summed E-state index contributed by atoms with van der Waals surface area (Å²) in [7, 11) is -3.29. The fourth-order valence-corrected chi connectivity index (χ4v) is 5.40. The van der Waals surface area contributed by atoms with Crippen LogP contribution in [0.15, 0.2) is 36.4 Å². The molecule has 0 spiro atoms. The molecule has 9 heteroatoms. The van der Waals surface area contributed by atoms with Crippen LogP contribution in [-0.4, -0.2) is 54.4 Å². The number of piperidine rings is 1. The highest BCUT2D eigenvalue weighted by Gasteiger charge is 2.29. The number of thiophene rings is 1. The summed E-state index contributed by atoms with van der Waals surface area (Å²) in [6.07, 6.45) is 3.87. The van der Waals surface area contributed by atoms with E-state index < -0.39 is 10.0 Å². The number of likely N-dealkylation sites (tertiary alicyclic amines) is 1. The lowest BCUT2D eigenvalue weighted by Gasteiger charge is -2.35.